The van der Waals surface area contributed by atoms with Crippen LogP contribution in [0, 0.1) is 5.92 Å². The van der Waals surface area contributed by atoms with E-state index in [4.69, 9.17) is 20.1 Å². The number of carbonyl (C=O) groups excluding carboxylic acids is 2. The van der Waals surface area contributed by atoms with Gasteiger partial charge in [-0.15, -0.1) is 0 Å². The fraction of sp³-hybridized carbons (Fsp3) is 0.400. The predicted molar refractivity (Wildman–Crippen MR) is 123 cm³/mol. The summed E-state index contributed by atoms with van der Waals surface area (Å²) in [6.45, 7) is 2.93. The fourth-order valence-electron chi connectivity index (χ4n) is 2.47. The number of imidazole rings is 2. The molecule has 0 radical (unpaired) electrons. The first-order valence-electron chi connectivity index (χ1n) is 10.6. The van der Waals surface area contributed by atoms with Crippen LogP contribution in [0.3, 0.4) is 0 Å². The summed E-state index contributed by atoms with van der Waals surface area (Å²) in [4.78, 5) is 71.5. The van der Waals surface area contributed by atoms with E-state index in [2.05, 4.69) is 35.6 Å². The molecular formula is C20H24F3N7O9. The highest BCUT2D eigenvalue weighted by atomic mass is 19.4. The number of aromatic amines is 1. The van der Waals surface area contributed by atoms with Crippen molar-refractivity contribution in [3.8, 4) is 11.5 Å². The zero-order chi connectivity index (χ0) is 29.9. The van der Waals surface area contributed by atoms with Crippen LogP contribution in [-0.4, -0.2) is 90.1 Å². The molecule has 0 saturated heterocycles. The van der Waals surface area contributed by atoms with Crippen molar-refractivity contribution in [2.75, 3.05) is 12.4 Å². The zero-order valence-electron chi connectivity index (χ0n) is 20.5. The topological polar surface area (TPSA) is 238 Å². The number of hydrogen-bond acceptors (Lipinski definition) is 9. The maximum atomic E-state index is 12.4. The van der Waals surface area contributed by atoms with Gasteiger partial charge in [0.05, 0.1) is 30.9 Å². The lowest BCUT2D eigenvalue weighted by Crippen LogP contribution is -2.43. The highest BCUT2D eigenvalue weighted by Gasteiger charge is 2.38. The van der Waals surface area contributed by atoms with Gasteiger partial charge in [0.15, 0.2) is 5.82 Å². The Hall–Kier alpha value is -4.97. The number of halogens is 3. The van der Waals surface area contributed by atoms with E-state index in [0.717, 1.165) is 0 Å². The molecule has 1 atom stereocenters. The van der Waals surface area contributed by atoms with Gasteiger partial charge in [0.1, 0.15) is 31.2 Å². The Balaban J connectivity index is 0.000000956. The minimum atomic E-state index is -5.08. The van der Waals surface area contributed by atoms with Crippen LogP contribution in [0.4, 0.5) is 19.0 Å². The van der Waals surface area contributed by atoms with Crippen LogP contribution in [-0.2, 0) is 35.4 Å². The van der Waals surface area contributed by atoms with Crippen molar-refractivity contribution in [2.24, 2.45) is 11.1 Å². The van der Waals surface area contributed by atoms with E-state index >= 15 is 0 Å². The van der Waals surface area contributed by atoms with Crippen molar-refractivity contribution < 1.29 is 57.3 Å². The molecule has 2 aromatic heterocycles. The molecule has 19 heteroatoms. The first-order valence-corrected chi connectivity index (χ1v) is 10.6. The summed E-state index contributed by atoms with van der Waals surface area (Å²) in [5.74, 6) is -6.71. The molecule has 0 aliphatic carbocycles. The molecule has 0 fully saturated rings. The molecule has 0 saturated carbocycles. The zero-order valence-corrected chi connectivity index (χ0v) is 20.5. The maximum Gasteiger partial charge on any atom is 0.490 e. The lowest BCUT2D eigenvalue weighted by Gasteiger charge is -2.15. The number of anilines is 1. The fourth-order valence-corrected chi connectivity index (χ4v) is 2.47. The standard InChI is InChI=1S/C18H23N7O7.C2HF3O2/c1-9(2)17(29)24-16-14(15-19-5-10(22-15)6-21-32-3)20-8-25(16)7-12(26)23-11(18(30)31)4-13(27)28;3-2(4,5)1(6)7/h5-6,8-9,11H,4,7H2,1-3H3,(H,19,22)(H,23,26)(H,24,29)(H,27,28)(H,30,31);(H,6,7)/b21-6-;/t11-;/m0./s1. The Morgan fingerprint density at radius 1 is 1.18 bits per heavy atom. The highest BCUT2D eigenvalue weighted by molar-refractivity contribution is 5.95. The van der Waals surface area contributed by atoms with Crippen molar-refractivity contribution in [1.29, 1.82) is 0 Å². The minimum absolute atomic E-state index is 0.147. The average molecular weight is 563 g/mol. The third-order valence-electron chi connectivity index (χ3n) is 4.29. The number of rotatable bonds is 11. The number of carboxylic acids is 3. The summed E-state index contributed by atoms with van der Waals surface area (Å²) in [6, 6.07) is -1.61. The quantitative estimate of drug-likeness (QED) is 0.163. The molecule has 2 amide bonds. The molecule has 0 bridgehead atoms. The number of hydrogen-bond donors (Lipinski definition) is 6. The van der Waals surface area contributed by atoms with Gasteiger partial charge in [-0.05, 0) is 0 Å². The summed E-state index contributed by atoms with van der Waals surface area (Å²) < 4.78 is 33.0. The van der Waals surface area contributed by atoms with Crippen LogP contribution in [0.5, 0.6) is 0 Å². The van der Waals surface area contributed by atoms with E-state index in [1.165, 1.54) is 30.4 Å². The second-order valence-electron chi connectivity index (χ2n) is 7.68. The SMILES string of the molecule is CO/N=C\c1cnc(-c2ncn(CC(=O)N[C@@H](CC(=O)O)C(=O)O)c2NC(=O)C(C)C)[nH]1.O=C(O)C(F)(F)F. The molecule has 0 unspecified atom stereocenters. The van der Waals surface area contributed by atoms with Gasteiger partial charge in [0.2, 0.25) is 11.8 Å². The van der Waals surface area contributed by atoms with Crippen molar-refractivity contribution in [2.45, 2.75) is 39.0 Å². The molecule has 214 valence electrons. The van der Waals surface area contributed by atoms with Gasteiger partial charge in [-0.3, -0.25) is 14.4 Å². The number of carboxylic acid groups (broad SMARTS) is 3. The number of nitrogens with zero attached hydrogens (tertiary/aromatic N) is 4. The molecule has 2 aromatic rings. The van der Waals surface area contributed by atoms with E-state index in [0.29, 0.717) is 5.69 Å². The molecule has 2 rings (SSSR count). The van der Waals surface area contributed by atoms with Gasteiger partial charge in [-0.25, -0.2) is 19.6 Å². The Kier molecular flexibility index (Phi) is 11.6. The van der Waals surface area contributed by atoms with Crippen LogP contribution < -0.4 is 10.6 Å². The molecule has 0 aromatic carbocycles. The average Bonchev–Trinajstić information content (AvgIpc) is 3.43. The maximum absolute atomic E-state index is 12.4. The number of amides is 2. The van der Waals surface area contributed by atoms with Crippen LogP contribution in [0.1, 0.15) is 26.0 Å². The van der Waals surface area contributed by atoms with Crippen LogP contribution in [0.15, 0.2) is 17.7 Å². The molecule has 2 heterocycles. The van der Waals surface area contributed by atoms with E-state index in [9.17, 15) is 32.3 Å². The van der Waals surface area contributed by atoms with Crippen molar-refractivity contribution in [1.82, 2.24) is 24.8 Å². The first-order chi connectivity index (χ1) is 18.1. The predicted octanol–water partition coefficient (Wildman–Crippen LogP) is 0.525. The van der Waals surface area contributed by atoms with E-state index in [-0.39, 0.29) is 29.2 Å². The largest absolute Gasteiger partial charge is 0.490 e. The van der Waals surface area contributed by atoms with Gasteiger partial charge in [0, 0.05) is 5.92 Å². The lowest BCUT2D eigenvalue weighted by atomic mass is 10.2. The van der Waals surface area contributed by atoms with Gasteiger partial charge >= 0.3 is 24.1 Å². The van der Waals surface area contributed by atoms with Gasteiger partial charge < -0.3 is 40.3 Å². The summed E-state index contributed by atoms with van der Waals surface area (Å²) in [7, 11) is 1.38. The molecule has 0 spiro atoms. The van der Waals surface area contributed by atoms with Crippen molar-refractivity contribution >= 4 is 41.8 Å². The molecular weight excluding hydrogens is 539 g/mol. The van der Waals surface area contributed by atoms with E-state index in [1.807, 2.05) is 0 Å². The van der Waals surface area contributed by atoms with Gasteiger partial charge in [-0.1, -0.05) is 19.0 Å². The number of alkyl halides is 3. The Bertz CT molecular complexity index is 1220. The number of carbonyl (C=O) groups is 5. The van der Waals surface area contributed by atoms with Gasteiger partial charge in [0.25, 0.3) is 0 Å². The number of aliphatic carboxylic acids is 3. The van der Waals surface area contributed by atoms with Crippen LogP contribution >= 0.6 is 0 Å². The Morgan fingerprint density at radius 3 is 2.28 bits per heavy atom. The summed E-state index contributed by atoms with van der Waals surface area (Å²) >= 11 is 0. The number of nitrogens with one attached hydrogen (secondary N) is 3. The number of aromatic nitrogens is 4. The van der Waals surface area contributed by atoms with Crippen molar-refractivity contribution in [3.63, 3.8) is 0 Å². The Morgan fingerprint density at radius 2 is 1.79 bits per heavy atom. The van der Waals surface area contributed by atoms with Crippen LogP contribution in [0.25, 0.3) is 11.5 Å². The highest BCUT2D eigenvalue weighted by Crippen LogP contribution is 2.25. The molecule has 6 N–H and O–H groups in total. The Labute approximate surface area is 216 Å². The third kappa shape index (κ3) is 10.5. The summed E-state index contributed by atoms with van der Waals surface area (Å²) in [6.07, 6.45) is -1.77. The monoisotopic (exact) mass is 563 g/mol. The number of oxime groups is 1. The van der Waals surface area contributed by atoms with Gasteiger partial charge in [-0.2, -0.15) is 13.2 Å². The van der Waals surface area contributed by atoms with Crippen LogP contribution in [0.2, 0.25) is 0 Å². The van der Waals surface area contributed by atoms with Crippen molar-refractivity contribution in [3.05, 3.63) is 18.2 Å². The second kappa shape index (κ2) is 14.1. The first kappa shape index (κ1) is 32.1. The van der Waals surface area contributed by atoms with E-state index in [1.54, 1.807) is 13.8 Å². The molecule has 16 nitrogen and oxygen atoms in total. The number of H-pyrrole nitrogens is 1. The second-order valence-corrected chi connectivity index (χ2v) is 7.68. The summed E-state index contributed by atoms with van der Waals surface area (Å²) in [5.41, 5.74) is 0.720. The molecule has 39 heavy (non-hydrogen) atoms. The molecule has 0 aliphatic rings. The minimum Gasteiger partial charge on any atom is -0.481 e. The van der Waals surface area contributed by atoms with E-state index < -0.39 is 49.0 Å². The smallest absolute Gasteiger partial charge is 0.481 e. The molecule has 0 aliphatic heterocycles. The third-order valence-corrected chi connectivity index (χ3v) is 4.29. The summed E-state index contributed by atoms with van der Waals surface area (Å²) in [5, 5.41) is 33.5. The normalized spacial score (nSPS) is 11.9. The lowest BCUT2D eigenvalue weighted by molar-refractivity contribution is -0.192.